The van der Waals surface area contributed by atoms with Gasteiger partial charge in [-0.2, -0.15) is 9.64 Å². The average Bonchev–Trinajstić information content (AvgIpc) is 2.96. The minimum absolute atomic E-state index is 0.0542. The molecule has 2 rings (SSSR count). The zero-order chi connectivity index (χ0) is 13.1. The number of rotatable bonds is 3. The summed E-state index contributed by atoms with van der Waals surface area (Å²) in [7, 11) is 1.40. The molecule has 1 aromatic rings. The van der Waals surface area contributed by atoms with Crippen LogP contribution in [0.5, 0.6) is 0 Å². The van der Waals surface area contributed by atoms with Crippen LogP contribution in [0.4, 0.5) is 5.00 Å². The molecule has 0 unspecified atom stereocenters. The number of ether oxygens (including phenoxy) is 1. The number of halogens is 1. The van der Waals surface area contributed by atoms with Crippen molar-refractivity contribution in [3.8, 4) is 6.07 Å². The van der Waals surface area contributed by atoms with Gasteiger partial charge in [0.15, 0.2) is 5.15 Å². The molecule has 7 heteroatoms. The lowest BCUT2D eigenvalue weighted by Crippen LogP contribution is -2.18. The molecule has 96 valence electrons. The van der Waals surface area contributed by atoms with Crippen molar-refractivity contribution < 1.29 is 9.53 Å². The lowest BCUT2D eigenvalue weighted by atomic mass is 10.1. The summed E-state index contributed by atoms with van der Waals surface area (Å²) >= 11 is 6.97. The van der Waals surface area contributed by atoms with Crippen LogP contribution in [0.1, 0.15) is 24.8 Å². The van der Waals surface area contributed by atoms with Crippen LogP contribution in [-0.2, 0) is 9.53 Å². The summed E-state index contributed by atoms with van der Waals surface area (Å²) in [5.74, 6) is -0.219. The first-order chi connectivity index (χ1) is 8.65. The Balaban J connectivity index is 2.00. The standard InChI is InChI=1S/C11H12ClN3O2S/c1-17-11(16)6-2-3-7(4-6)14-10-8(5-13)9(12)15-18-10/h6-7,14H,2-4H2,1H3/t6-,7+/m0/s1. The Hall–Kier alpha value is -1.32. The van der Waals surface area contributed by atoms with Gasteiger partial charge in [0.2, 0.25) is 0 Å². The minimum atomic E-state index is -0.165. The highest BCUT2D eigenvalue weighted by molar-refractivity contribution is 7.10. The van der Waals surface area contributed by atoms with Crippen LogP contribution < -0.4 is 5.32 Å². The van der Waals surface area contributed by atoms with Crippen LogP contribution in [0.25, 0.3) is 0 Å². The summed E-state index contributed by atoms with van der Waals surface area (Å²) < 4.78 is 8.66. The zero-order valence-corrected chi connectivity index (χ0v) is 11.3. The highest BCUT2D eigenvalue weighted by atomic mass is 35.5. The molecule has 2 atom stereocenters. The highest BCUT2D eigenvalue weighted by Gasteiger charge is 2.31. The minimum Gasteiger partial charge on any atom is -0.469 e. The van der Waals surface area contributed by atoms with Gasteiger partial charge in [0.05, 0.1) is 13.0 Å². The van der Waals surface area contributed by atoms with E-state index in [9.17, 15) is 4.79 Å². The molecule has 1 N–H and O–H groups in total. The van der Waals surface area contributed by atoms with E-state index < -0.39 is 0 Å². The fraction of sp³-hybridized carbons (Fsp3) is 0.545. The van der Waals surface area contributed by atoms with Gasteiger partial charge in [0.1, 0.15) is 16.6 Å². The molecule has 0 amide bonds. The molecule has 0 spiro atoms. The van der Waals surface area contributed by atoms with Gasteiger partial charge < -0.3 is 10.1 Å². The molecule has 1 heterocycles. The Labute approximate surface area is 114 Å². The quantitative estimate of drug-likeness (QED) is 0.863. The maximum Gasteiger partial charge on any atom is 0.308 e. The fourth-order valence-electron chi connectivity index (χ4n) is 2.14. The van der Waals surface area contributed by atoms with E-state index in [0.717, 1.165) is 12.8 Å². The maximum atomic E-state index is 11.4. The third-order valence-electron chi connectivity index (χ3n) is 3.06. The van der Waals surface area contributed by atoms with Crippen molar-refractivity contribution >= 4 is 34.1 Å². The van der Waals surface area contributed by atoms with Crippen molar-refractivity contribution in [2.75, 3.05) is 12.4 Å². The number of carbonyl (C=O) groups excluding carboxylic acids is 1. The molecule has 0 aliphatic heterocycles. The van der Waals surface area contributed by atoms with E-state index in [1.165, 1.54) is 18.6 Å². The van der Waals surface area contributed by atoms with E-state index in [-0.39, 0.29) is 23.1 Å². The smallest absolute Gasteiger partial charge is 0.308 e. The first-order valence-corrected chi connectivity index (χ1v) is 6.70. The average molecular weight is 286 g/mol. The van der Waals surface area contributed by atoms with E-state index in [4.69, 9.17) is 21.6 Å². The van der Waals surface area contributed by atoms with Gasteiger partial charge in [0, 0.05) is 6.04 Å². The lowest BCUT2D eigenvalue weighted by Gasteiger charge is -2.12. The van der Waals surface area contributed by atoms with Gasteiger partial charge in [-0.25, -0.2) is 0 Å². The van der Waals surface area contributed by atoms with Crippen molar-refractivity contribution in [1.29, 1.82) is 5.26 Å². The van der Waals surface area contributed by atoms with Crippen molar-refractivity contribution in [2.24, 2.45) is 5.92 Å². The number of carbonyl (C=O) groups is 1. The molecule has 5 nitrogen and oxygen atoms in total. The molecule has 0 radical (unpaired) electrons. The van der Waals surface area contributed by atoms with Gasteiger partial charge in [-0.1, -0.05) is 11.6 Å². The normalized spacial score (nSPS) is 22.5. The molecule has 1 aromatic heterocycles. The second-order valence-electron chi connectivity index (χ2n) is 4.16. The largest absolute Gasteiger partial charge is 0.469 e. The number of aromatic nitrogens is 1. The third-order valence-corrected chi connectivity index (χ3v) is 4.22. The maximum absolute atomic E-state index is 11.4. The van der Waals surface area contributed by atoms with Crippen molar-refractivity contribution in [1.82, 2.24) is 4.37 Å². The Bertz CT molecular complexity index is 497. The molecule has 1 saturated carbocycles. The van der Waals surface area contributed by atoms with E-state index in [1.807, 2.05) is 6.07 Å². The summed E-state index contributed by atoms with van der Waals surface area (Å²) in [6.45, 7) is 0. The predicted molar refractivity (Wildman–Crippen MR) is 68.6 cm³/mol. The Morgan fingerprint density at radius 1 is 1.67 bits per heavy atom. The topological polar surface area (TPSA) is 75.0 Å². The van der Waals surface area contributed by atoms with E-state index in [2.05, 4.69) is 9.69 Å². The van der Waals surface area contributed by atoms with Crippen molar-refractivity contribution in [3.05, 3.63) is 10.7 Å². The Morgan fingerprint density at radius 3 is 3.11 bits per heavy atom. The Kier molecular flexibility index (Phi) is 4.04. The second kappa shape index (κ2) is 5.55. The fourth-order valence-corrected chi connectivity index (χ4v) is 3.16. The number of nitrogens with zero attached hydrogens (tertiary/aromatic N) is 2. The summed E-state index contributed by atoms with van der Waals surface area (Å²) in [6.07, 6.45) is 2.39. The number of anilines is 1. The molecule has 18 heavy (non-hydrogen) atoms. The molecular formula is C11H12ClN3O2S. The number of esters is 1. The van der Waals surface area contributed by atoms with Gasteiger partial charge >= 0.3 is 5.97 Å². The van der Waals surface area contributed by atoms with E-state index >= 15 is 0 Å². The predicted octanol–water partition coefficient (Wildman–Crippen LogP) is 2.42. The monoisotopic (exact) mass is 285 g/mol. The molecule has 1 aliphatic carbocycles. The second-order valence-corrected chi connectivity index (χ2v) is 5.30. The zero-order valence-electron chi connectivity index (χ0n) is 9.77. The molecule has 1 fully saturated rings. The van der Waals surface area contributed by atoms with Crippen LogP contribution in [0.2, 0.25) is 5.15 Å². The first-order valence-electron chi connectivity index (χ1n) is 5.55. The van der Waals surface area contributed by atoms with Gasteiger partial charge in [-0.05, 0) is 30.8 Å². The first kappa shape index (κ1) is 13.1. The van der Waals surface area contributed by atoms with Gasteiger partial charge in [-0.15, -0.1) is 0 Å². The Morgan fingerprint density at radius 2 is 2.44 bits per heavy atom. The lowest BCUT2D eigenvalue weighted by molar-refractivity contribution is -0.145. The molecule has 0 aromatic carbocycles. The number of methoxy groups -OCH3 is 1. The van der Waals surface area contributed by atoms with Gasteiger partial charge in [-0.3, -0.25) is 4.79 Å². The number of nitrogens with one attached hydrogen (secondary N) is 1. The molecular weight excluding hydrogens is 274 g/mol. The number of hydrogen-bond donors (Lipinski definition) is 1. The van der Waals surface area contributed by atoms with E-state index in [0.29, 0.717) is 17.0 Å². The highest BCUT2D eigenvalue weighted by Crippen LogP contribution is 2.33. The van der Waals surface area contributed by atoms with Gasteiger partial charge in [0.25, 0.3) is 0 Å². The van der Waals surface area contributed by atoms with Crippen LogP contribution in [0, 0.1) is 17.2 Å². The third kappa shape index (κ3) is 2.57. The summed E-state index contributed by atoms with van der Waals surface area (Å²) in [6, 6.07) is 2.19. The molecule has 1 aliphatic rings. The van der Waals surface area contributed by atoms with Crippen LogP contribution >= 0.6 is 23.1 Å². The SMILES string of the molecule is COC(=O)[C@H]1CC[C@@H](Nc2snc(Cl)c2C#N)C1. The summed E-state index contributed by atoms with van der Waals surface area (Å²) in [4.78, 5) is 11.4. The van der Waals surface area contributed by atoms with Crippen LogP contribution in [-0.4, -0.2) is 23.5 Å². The van der Waals surface area contributed by atoms with Crippen molar-refractivity contribution in [3.63, 3.8) is 0 Å². The number of nitriles is 1. The van der Waals surface area contributed by atoms with Crippen LogP contribution in [0.15, 0.2) is 0 Å². The van der Waals surface area contributed by atoms with Crippen LogP contribution in [0.3, 0.4) is 0 Å². The van der Waals surface area contributed by atoms with E-state index in [1.54, 1.807) is 0 Å². The summed E-state index contributed by atoms with van der Waals surface area (Å²) in [5, 5.41) is 13.1. The number of hydrogen-bond acceptors (Lipinski definition) is 6. The molecule has 0 bridgehead atoms. The molecule has 0 saturated heterocycles. The van der Waals surface area contributed by atoms with Crippen molar-refractivity contribution in [2.45, 2.75) is 25.3 Å². The summed E-state index contributed by atoms with van der Waals surface area (Å²) in [5.41, 5.74) is 0.378.